The zero-order chi connectivity index (χ0) is 16.7. The zero-order valence-electron chi connectivity index (χ0n) is 13.5. The number of amides is 1. The van der Waals surface area contributed by atoms with E-state index in [1.165, 1.54) is 11.1 Å². The molecule has 0 aliphatic heterocycles. The molecule has 0 unspecified atom stereocenters. The largest absolute Gasteiger partial charge is 0.350 e. The molecule has 23 heavy (non-hydrogen) atoms. The lowest BCUT2D eigenvalue weighted by Gasteiger charge is -2.26. The van der Waals surface area contributed by atoms with Gasteiger partial charge in [0.05, 0.1) is 5.75 Å². The van der Waals surface area contributed by atoms with Crippen LogP contribution in [0.3, 0.4) is 0 Å². The number of halogens is 1. The highest BCUT2D eigenvalue weighted by atomic mass is 79.9. The second-order valence-corrected chi connectivity index (χ2v) is 8.11. The van der Waals surface area contributed by atoms with Crippen LogP contribution < -0.4 is 5.32 Å². The van der Waals surface area contributed by atoms with Gasteiger partial charge >= 0.3 is 0 Å². The molecule has 1 amide bonds. The van der Waals surface area contributed by atoms with E-state index in [9.17, 15) is 4.79 Å². The number of rotatable bonds is 7. The molecular formula is C19H22BrNOS. The van der Waals surface area contributed by atoms with Crippen molar-refractivity contribution in [3.63, 3.8) is 0 Å². The highest BCUT2D eigenvalue weighted by Crippen LogP contribution is 2.17. The Morgan fingerprint density at radius 1 is 1.04 bits per heavy atom. The fourth-order valence-electron chi connectivity index (χ4n) is 2.41. The Morgan fingerprint density at radius 2 is 1.70 bits per heavy atom. The summed E-state index contributed by atoms with van der Waals surface area (Å²) in [5.41, 5.74) is 2.23. The molecule has 4 heteroatoms. The molecule has 0 spiro atoms. The van der Waals surface area contributed by atoms with E-state index in [0.29, 0.717) is 5.75 Å². The number of hydrogen-bond donors (Lipinski definition) is 1. The number of hydrogen-bond acceptors (Lipinski definition) is 2. The highest BCUT2D eigenvalue weighted by Gasteiger charge is 2.20. The van der Waals surface area contributed by atoms with Crippen LogP contribution in [0.1, 0.15) is 25.0 Å². The van der Waals surface area contributed by atoms with E-state index in [4.69, 9.17) is 0 Å². The first kappa shape index (κ1) is 18.1. The Hall–Kier alpha value is -1.26. The van der Waals surface area contributed by atoms with Gasteiger partial charge in [0.25, 0.3) is 0 Å². The summed E-state index contributed by atoms with van der Waals surface area (Å²) in [5.74, 6) is 1.42. The molecule has 0 atom stereocenters. The number of carbonyl (C=O) groups excluding carboxylic acids is 1. The van der Waals surface area contributed by atoms with Crippen LogP contribution in [0.2, 0.25) is 0 Å². The van der Waals surface area contributed by atoms with Crippen LogP contribution in [-0.2, 0) is 17.0 Å². The molecule has 0 fully saturated rings. The SMILES string of the molecule is CC(C)(Cc1ccccc1)NC(=O)CSCc1ccc(Br)cc1. The van der Waals surface area contributed by atoms with Gasteiger partial charge in [-0.05, 0) is 43.5 Å². The summed E-state index contributed by atoms with van der Waals surface area (Å²) >= 11 is 5.07. The molecule has 2 nitrogen and oxygen atoms in total. The van der Waals surface area contributed by atoms with E-state index in [0.717, 1.165) is 16.6 Å². The minimum absolute atomic E-state index is 0.0908. The molecule has 0 aromatic heterocycles. The second kappa shape index (κ2) is 8.55. The molecule has 0 aliphatic rings. The van der Waals surface area contributed by atoms with Gasteiger partial charge in [-0.3, -0.25) is 4.79 Å². The maximum Gasteiger partial charge on any atom is 0.230 e. The minimum atomic E-state index is -0.239. The van der Waals surface area contributed by atoms with Crippen molar-refractivity contribution in [2.24, 2.45) is 0 Å². The molecule has 122 valence electrons. The third-order valence-corrected chi connectivity index (χ3v) is 4.91. The van der Waals surface area contributed by atoms with Crippen LogP contribution in [0.15, 0.2) is 59.1 Å². The zero-order valence-corrected chi connectivity index (χ0v) is 15.9. The van der Waals surface area contributed by atoms with Crippen molar-refractivity contribution < 1.29 is 4.79 Å². The van der Waals surface area contributed by atoms with Crippen LogP contribution in [0, 0.1) is 0 Å². The predicted molar refractivity (Wildman–Crippen MR) is 103 cm³/mol. The van der Waals surface area contributed by atoms with E-state index in [-0.39, 0.29) is 11.4 Å². The normalized spacial score (nSPS) is 11.3. The smallest absolute Gasteiger partial charge is 0.230 e. The molecule has 0 aliphatic carbocycles. The molecule has 1 N–H and O–H groups in total. The van der Waals surface area contributed by atoms with Crippen molar-refractivity contribution in [3.8, 4) is 0 Å². The summed E-state index contributed by atoms with van der Waals surface area (Å²) in [7, 11) is 0. The van der Waals surface area contributed by atoms with E-state index in [2.05, 4.69) is 59.4 Å². The van der Waals surface area contributed by atoms with Crippen molar-refractivity contribution in [2.75, 3.05) is 5.75 Å². The third-order valence-electron chi connectivity index (χ3n) is 3.38. The van der Waals surface area contributed by atoms with Crippen molar-refractivity contribution in [3.05, 3.63) is 70.2 Å². The first-order valence-electron chi connectivity index (χ1n) is 7.62. The topological polar surface area (TPSA) is 29.1 Å². The quantitative estimate of drug-likeness (QED) is 0.732. The van der Waals surface area contributed by atoms with E-state index < -0.39 is 0 Å². The van der Waals surface area contributed by atoms with Gasteiger partial charge in [0.15, 0.2) is 0 Å². The molecule has 0 radical (unpaired) electrons. The summed E-state index contributed by atoms with van der Waals surface area (Å²) in [6, 6.07) is 18.5. The molecule has 2 aromatic rings. The summed E-state index contributed by atoms with van der Waals surface area (Å²) in [6.45, 7) is 4.13. The average molecular weight is 392 g/mol. The van der Waals surface area contributed by atoms with E-state index in [1.54, 1.807) is 11.8 Å². The van der Waals surface area contributed by atoms with Gasteiger partial charge in [0.1, 0.15) is 0 Å². The van der Waals surface area contributed by atoms with Crippen molar-refractivity contribution in [1.82, 2.24) is 5.32 Å². The third kappa shape index (κ3) is 6.80. The monoisotopic (exact) mass is 391 g/mol. The van der Waals surface area contributed by atoms with Crippen LogP contribution in [0.25, 0.3) is 0 Å². The first-order valence-corrected chi connectivity index (χ1v) is 9.56. The Balaban J connectivity index is 1.76. The lowest BCUT2D eigenvalue weighted by Crippen LogP contribution is -2.45. The number of nitrogens with one attached hydrogen (secondary N) is 1. The van der Waals surface area contributed by atoms with Gasteiger partial charge < -0.3 is 5.32 Å². The van der Waals surface area contributed by atoms with Crippen LogP contribution in [0.4, 0.5) is 0 Å². The van der Waals surface area contributed by atoms with Crippen molar-refractivity contribution >= 4 is 33.6 Å². The summed E-state index contributed by atoms with van der Waals surface area (Å²) in [4.78, 5) is 12.2. The Kier molecular flexibility index (Phi) is 6.72. The van der Waals surface area contributed by atoms with Crippen LogP contribution in [0.5, 0.6) is 0 Å². The van der Waals surface area contributed by atoms with Gasteiger partial charge in [0.2, 0.25) is 5.91 Å². The number of carbonyl (C=O) groups is 1. The molecule has 0 saturated carbocycles. The number of benzene rings is 2. The lowest BCUT2D eigenvalue weighted by atomic mass is 9.95. The Morgan fingerprint density at radius 3 is 2.35 bits per heavy atom. The maximum atomic E-state index is 12.2. The van der Waals surface area contributed by atoms with Gasteiger partial charge in [-0.1, -0.05) is 58.4 Å². The van der Waals surface area contributed by atoms with Gasteiger partial charge in [-0.15, -0.1) is 11.8 Å². The summed E-state index contributed by atoms with van der Waals surface area (Å²) < 4.78 is 1.08. The summed E-state index contributed by atoms with van der Waals surface area (Å²) in [5, 5.41) is 3.13. The molecule has 0 bridgehead atoms. The highest BCUT2D eigenvalue weighted by molar-refractivity contribution is 9.10. The van der Waals surface area contributed by atoms with Gasteiger partial charge in [-0.25, -0.2) is 0 Å². The molecule has 0 heterocycles. The molecule has 2 rings (SSSR count). The van der Waals surface area contributed by atoms with Gasteiger partial charge in [-0.2, -0.15) is 0 Å². The number of thioether (sulfide) groups is 1. The van der Waals surface area contributed by atoms with Crippen molar-refractivity contribution in [2.45, 2.75) is 31.6 Å². The fraction of sp³-hybridized carbons (Fsp3) is 0.316. The van der Waals surface area contributed by atoms with E-state index in [1.807, 2.05) is 30.3 Å². The van der Waals surface area contributed by atoms with Crippen LogP contribution >= 0.6 is 27.7 Å². The fourth-order valence-corrected chi connectivity index (χ4v) is 3.46. The summed E-state index contributed by atoms with van der Waals surface area (Å²) in [6.07, 6.45) is 0.830. The lowest BCUT2D eigenvalue weighted by molar-refractivity contribution is -0.120. The second-order valence-electron chi connectivity index (χ2n) is 6.21. The van der Waals surface area contributed by atoms with Crippen LogP contribution in [-0.4, -0.2) is 17.2 Å². The minimum Gasteiger partial charge on any atom is -0.350 e. The maximum absolute atomic E-state index is 12.2. The molecule has 2 aromatic carbocycles. The predicted octanol–water partition coefficient (Wildman–Crippen LogP) is 4.82. The first-order chi connectivity index (χ1) is 10.9. The van der Waals surface area contributed by atoms with E-state index >= 15 is 0 Å². The van der Waals surface area contributed by atoms with Crippen molar-refractivity contribution in [1.29, 1.82) is 0 Å². The van der Waals surface area contributed by atoms with Gasteiger partial charge in [0, 0.05) is 15.8 Å². The standard InChI is InChI=1S/C19H22BrNOS/c1-19(2,12-15-6-4-3-5-7-15)21-18(22)14-23-13-16-8-10-17(20)11-9-16/h3-11H,12-14H2,1-2H3,(H,21,22). The molecular weight excluding hydrogens is 370 g/mol. The molecule has 0 saturated heterocycles. The average Bonchev–Trinajstić information content (AvgIpc) is 2.49. The Bertz CT molecular complexity index is 626. The Labute approximate surface area is 151 Å².